The van der Waals surface area contributed by atoms with Gasteiger partial charge in [-0.25, -0.2) is 0 Å². The molecule has 2 atom stereocenters. The molecule has 2 fully saturated rings. The summed E-state index contributed by atoms with van der Waals surface area (Å²) in [5.41, 5.74) is 6.60. The molecule has 3 aromatic carbocycles. The van der Waals surface area contributed by atoms with Crippen LogP contribution in [-0.2, 0) is 22.4 Å². The first-order valence-electron chi connectivity index (χ1n) is 15.0. The van der Waals surface area contributed by atoms with Gasteiger partial charge in [-0.1, -0.05) is 50.2 Å². The second kappa shape index (κ2) is 12.0. The molecule has 2 saturated heterocycles. The fraction of sp³-hybridized carbons (Fsp3) is 0.412. The maximum absolute atomic E-state index is 13.5. The summed E-state index contributed by atoms with van der Waals surface area (Å²) in [5, 5.41) is 3.27. The molecule has 0 spiro atoms. The molecule has 0 unspecified atom stereocenters. The van der Waals surface area contributed by atoms with Crippen LogP contribution < -0.4 is 19.7 Å². The number of likely N-dealkylation sites (tertiary alicyclic amines) is 1. The van der Waals surface area contributed by atoms with Crippen molar-refractivity contribution in [1.29, 1.82) is 0 Å². The van der Waals surface area contributed by atoms with Crippen LogP contribution in [-0.4, -0.2) is 49.6 Å². The van der Waals surface area contributed by atoms with Gasteiger partial charge >= 0.3 is 0 Å². The number of nitrogens with zero attached hydrogens (tertiary/aromatic N) is 2. The van der Waals surface area contributed by atoms with E-state index < -0.39 is 0 Å². The first-order chi connectivity index (χ1) is 20.0. The number of ether oxygens (including phenoxy) is 2. The molecule has 3 aliphatic heterocycles. The van der Waals surface area contributed by atoms with Crippen LogP contribution in [0.1, 0.15) is 67.3 Å². The molecule has 0 aliphatic carbocycles. The average Bonchev–Trinajstić information content (AvgIpc) is 3.63. The first kappa shape index (κ1) is 27.3. The minimum atomic E-state index is 0.00714. The second-order valence-electron chi connectivity index (χ2n) is 11.2. The highest BCUT2D eigenvalue weighted by molar-refractivity contribution is 5.95. The molecule has 7 heteroatoms. The molecule has 3 heterocycles. The number of hydrogen-bond acceptors (Lipinski definition) is 5. The predicted octanol–water partition coefficient (Wildman–Crippen LogP) is 5.88. The van der Waals surface area contributed by atoms with Crippen LogP contribution in [0.3, 0.4) is 0 Å². The molecular weight excluding hydrogens is 514 g/mol. The quantitative estimate of drug-likeness (QED) is 0.377. The van der Waals surface area contributed by atoms with E-state index in [4.69, 9.17) is 9.47 Å². The van der Waals surface area contributed by atoms with E-state index in [1.54, 1.807) is 0 Å². The number of benzene rings is 3. The Morgan fingerprint density at radius 2 is 1.63 bits per heavy atom. The summed E-state index contributed by atoms with van der Waals surface area (Å²) in [6.45, 7) is 7.22. The van der Waals surface area contributed by atoms with Crippen molar-refractivity contribution in [3.63, 3.8) is 0 Å². The molecule has 2 amide bonds. The fourth-order valence-corrected chi connectivity index (χ4v) is 6.54. The molecule has 41 heavy (non-hydrogen) atoms. The third-order valence-corrected chi connectivity index (χ3v) is 8.71. The lowest BCUT2D eigenvalue weighted by molar-refractivity contribution is -0.118. The van der Waals surface area contributed by atoms with Gasteiger partial charge in [0.1, 0.15) is 13.2 Å². The molecule has 0 saturated carbocycles. The van der Waals surface area contributed by atoms with E-state index in [1.165, 1.54) is 5.56 Å². The van der Waals surface area contributed by atoms with Crippen molar-refractivity contribution in [3.8, 4) is 11.5 Å². The van der Waals surface area contributed by atoms with Gasteiger partial charge in [-0.05, 0) is 78.1 Å². The Labute approximate surface area is 242 Å². The number of amides is 2. The van der Waals surface area contributed by atoms with Crippen molar-refractivity contribution in [2.45, 2.75) is 57.9 Å². The van der Waals surface area contributed by atoms with Gasteiger partial charge in [0.25, 0.3) is 0 Å². The van der Waals surface area contributed by atoms with Crippen LogP contribution in [0.15, 0.2) is 60.7 Å². The van der Waals surface area contributed by atoms with Gasteiger partial charge in [-0.15, -0.1) is 0 Å². The Kier molecular flexibility index (Phi) is 7.97. The van der Waals surface area contributed by atoms with Crippen LogP contribution in [0, 0.1) is 0 Å². The van der Waals surface area contributed by atoms with E-state index >= 15 is 0 Å². The highest BCUT2D eigenvalue weighted by Crippen LogP contribution is 2.43. The second-order valence-corrected chi connectivity index (χ2v) is 11.2. The minimum absolute atomic E-state index is 0.00714. The van der Waals surface area contributed by atoms with Crippen molar-refractivity contribution in [1.82, 2.24) is 4.90 Å². The summed E-state index contributed by atoms with van der Waals surface area (Å²) in [4.78, 5) is 30.0. The molecule has 214 valence electrons. The topological polar surface area (TPSA) is 71.1 Å². The van der Waals surface area contributed by atoms with Crippen molar-refractivity contribution in [2.75, 3.05) is 43.1 Å². The summed E-state index contributed by atoms with van der Waals surface area (Å²) in [6, 6.07) is 20.9. The minimum Gasteiger partial charge on any atom is -0.486 e. The van der Waals surface area contributed by atoms with Gasteiger partial charge in [0.15, 0.2) is 11.5 Å². The van der Waals surface area contributed by atoms with Gasteiger partial charge in [0.2, 0.25) is 11.8 Å². The number of carbonyl (C=O) groups is 2. The maximum atomic E-state index is 13.5. The van der Waals surface area contributed by atoms with Crippen molar-refractivity contribution in [3.05, 3.63) is 82.9 Å². The highest BCUT2D eigenvalue weighted by Gasteiger charge is 2.36. The Morgan fingerprint density at radius 1 is 0.927 bits per heavy atom. The van der Waals surface area contributed by atoms with Gasteiger partial charge < -0.3 is 19.7 Å². The van der Waals surface area contributed by atoms with E-state index in [-0.39, 0.29) is 23.8 Å². The molecule has 1 N–H and O–H groups in total. The smallest absolute Gasteiger partial charge is 0.238 e. The number of hydrogen-bond donors (Lipinski definition) is 1. The summed E-state index contributed by atoms with van der Waals surface area (Å²) < 4.78 is 11.6. The van der Waals surface area contributed by atoms with E-state index in [0.29, 0.717) is 26.2 Å². The zero-order valence-corrected chi connectivity index (χ0v) is 24.0. The Hall–Kier alpha value is -3.84. The summed E-state index contributed by atoms with van der Waals surface area (Å²) in [7, 11) is 0. The SMILES string of the molecule is CCc1cccc(CC)c1NC(=O)CN1C[C@H](c2ccc3c(c2)OCCO3)C[C@@H]1c1ccc(N2CCCC2=O)cc1. The Morgan fingerprint density at radius 3 is 2.32 bits per heavy atom. The number of aryl methyl sites for hydroxylation is 2. The third-order valence-electron chi connectivity index (χ3n) is 8.71. The zero-order valence-electron chi connectivity index (χ0n) is 24.0. The molecule has 3 aliphatic rings. The van der Waals surface area contributed by atoms with Crippen LogP contribution in [0.4, 0.5) is 11.4 Å². The number of fused-ring (bicyclic) bond motifs is 1. The number of rotatable bonds is 8. The normalized spacial score (nSPS) is 20.4. The van der Waals surface area contributed by atoms with Gasteiger partial charge in [-0.2, -0.15) is 0 Å². The summed E-state index contributed by atoms with van der Waals surface area (Å²) in [5.74, 6) is 2.03. The lowest BCUT2D eigenvalue weighted by Gasteiger charge is -2.25. The van der Waals surface area contributed by atoms with E-state index in [1.807, 2.05) is 11.0 Å². The molecule has 0 aromatic heterocycles. The molecule has 0 radical (unpaired) electrons. The molecule has 7 nitrogen and oxygen atoms in total. The van der Waals surface area contributed by atoms with Crippen molar-refractivity contribution >= 4 is 23.2 Å². The van der Waals surface area contributed by atoms with Crippen molar-refractivity contribution in [2.24, 2.45) is 0 Å². The standard InChI is InChI=1S/C34H39N3O4/c1-3-23-7-5-8-24(4-2)34(23)35-32(38)22-36-21-27(26-12-15-30-31(20-26)41-18-17-40-30)19-29(36)25-10-13-28(14-11-25)37-16-6-9-33(37)39/h5,7-8,10-15,20,27,29H,3-4,6,9,16-19,21-22H2,1-2H3,(H,35,38)/t27-,29-/m1/s1. The van der Waals surface area contributed by atoms with Gasteiger partial charge in [0, 0.05) is 36.9 Å². The van der Waals surface area contributed by atoms with Crippen LogP contribution in [0.5, 0.6) is 11.5 Å². The fourth-order valence-electron chi connectivity index (χ4n) is 6.54. The number of carbonyl (C=O) groups excluding carboxylic acids is 2. The van der Waals surface area contributed by atoms with E-state index in [0.717, 1.165) is 78.3 Å². The maximum Gasteiger partial charge on any atom is 0.238 e. The molecule has 6 rings (SSSR count). The number of anilines is 2. The molecule has 3 aromatic rings. The largest absolute Gasteiger partial charge is 0.486 e. The Bertz CT molecular complexity index is 1400. The Balaban J connectivity index is 1.25. The van der Waals surface area contributed by atoms with Gasteiger partial charge in [0.05, 0.1) is 6.54 Å². The number of nitrogens with one attached hydrogen (secondary N) is 1. The van der Waals surface area contributed by atoms with Crippen molar-refractivity contribution < 1.29 is 19.1 Å². The monoisotopic (exact) mass is 553 g/mol. The zero-order chi connectivity index (χ0) is 28.3. The summed E-state index contributed by atoms with van der Waals surface area (Å²) in [6.07, 6.45) is 4.15. The van der Waals surface area contributed by atoms with Crippen LogP contribution in [0.25, 0.3) is 0 Å². The first-order valence-corrected chi connectivity index (χ1v) is 15.0. The summed E-state index contributed by atoms with van der Waals surface area (Å²) >= 11 is 0. The lowest BCUT2D eigenvalue weighted by atomic mass is 9.93. The van der Waals surface area contributed by atoms with Crippen LogP contribution >= 0.6 is 0 Å². The predicted molar refractivity (Wildman–Crippen MR) is 161 cm³/mol. The van der Waals surface area contributed by atoms with E-state index in [2.05, 4.69) is 78.7 Å². The third kappa shape index (κ3) is 5.68. The average molecular weight is 554 g/mol. The molecular formula is C34H39N3O4. The van der Waals surface area contributed by atoms with Crippen LogP contribution in [0.2, 0.25) is 0 Å². The number of para-hydroxylation sites is 1. The lowest BCUT2D eigenvalue weighted by Crippen LogP contribution is -2.33. The van der Waals surface area contributed by atoms with Gasteiger partial charge in [-0.3, -0.25) is 14.5 Å². The van der Waals surface area contributed by atoms with E-state index in [9.17, 15) is 9.59 Å². The molecule has 0 bridgehead atoms. The highest BCUT2D eigenvalue weighted by atomic mass is 16.6.